The van der Waals surface area contributed by atoms with Gasteiger partial charge in [-0.05, 0) is 42.5 Å². The minimum Gasteiger partial charge on any atom is -0.369 e. The third-order valence-electron chi connectivity index (χ3n) is 2.58. The lowest BCUT2D eigenvalue weighted by Crippen LogP contribution is -2.13. The Morgan fingerprint density at radius 2 is 1.86 bits per heavy atom. The highest BCUT2D eigenvalue weighted by atomic mass is 32.2. The van der Waals surface area contributed by atoms with Crippen LogP contribution in [0.1, 0.15) is 10.4 Å². The topological polar surface area (TPSA) is 72.2 Å². The van der Waals surface area contributed by atoms with Crippen molar-refractivity contribution in [2.75, 3.05) is 11.1 Å². The van der Waals surface area contributed by atoms with Gasteiger partial charge in [0.1, 0.15) is 5.82 Å². The molecule has 0 aliphatic rings. The molecule has 0 aliphatic heterocycles. The summed E-state index contributed by atoms with van der Waals surface area (Å²) in [4.78, 5) is 23.6. The number of carbonyl (C=O) groups excluding carboxylic acids is 2. The predicted octanol–water partition coefficient (Wildman–Crippen LogP) is 2.66. The van der Waals surface area contributed by atoms with Crippen LogP contribution in [-0.4, -0.2) is 17.6 Å². The molecular formula is C15H13FN2O2S. The van der Waals surface area contributed by atoms with Gasteiger partial charge in [0.15, 0.2) is 0 Å². The normalized spacial score (nSPS) is 10.1. The molecule has 2 aromatic carbocycles. The SMILES string of the molecule is NC(=O)CSc1cccc(NC(=O)c2ccc(F)cc2)c1. The van der Waals surface area contributed by atoms with Crippen LogP contribution in [0.5, 0.6) is 0 Å². The summed E-state index contributed by atoms with van der Waals surface area (Å²) >= 11 is 1.29. The van der Waals surface area contributed by atoms with Crippen LogP contribution >= 0.6 is 11.8 Å². The smallest absolute Gasteiger partial charge is 0.255 e. The summed E-state index contributed by atoms with van der Waals surface area (Å²) < 4.78 is 12.8. The third-order valence-corrected chi connectivity index (χ3v) is 3.60. The molecule has 0 aliphatic carbocycles. The largest absolute Gasteiger partial charge is 0.369 e. The zero-order valence-electron chi connectivity index (χ0n) is 11.0. The van der Waals surface area contributed by atoms with E-state index in [1.807, 2.05) is 6.07 Å². The van der Waals surface area contributed by atoms with Crippen molar-refractivity contribution >= 4 is 29.3 Å². The van der Waals surface area contributed by atoms with Crippen molar-refractivity contribution in [3.05, 3.63) is 59.9 Å². The van der Waals surface area contributed by atoms with Crippen LogP contribution < -0.4 is 11.1 Å². The van der Waals surface area contributed by atoms with E-state index in [0.717, 1.165) is 4.90 Å². The predicted molar refractivity (Wildman–Crippen MR) is 80.7 cm³/mol. The van der Waals surface area contributed by atoms with E-state index in [1.165, 1.54) is 36.0 Å². The summed E-state index contributed by atoms with van der Waals surface area (Å²) in [5.41, 5.74) is 6.05. The molecule has 0 atom stereocenters. The van der Waals surface area contributed by atoms with Crippen molar-refractivity contribution in [3.8, 4) is 0 Å². The Hall–Kier alpha value is -2.34. The van der Waals surface area contributed by atoms with Gasteiger partial charge in [-0.25, -0.2) is 4.39 Å². The lowest BCUT2D eigenvalue weighted by Gasteiger charge is -2.07. The number of carbonyl (C=O) groups is 2. The Kier molecular flexibility index (Phi) is 4.94. The molecule has 2 rings (SSSR count). The minimum atomic E-state index is -0.402. The zero-order valence-corrected chi connectivity index (χ0v) is 11.8. The molecule has 108 valence electrons. The highest BCUT2D eigenvalue weighted by molar-refractivity contribution is 8.00. The summed E-state index contributed by atoms with van der Waals surface area (Å²) in [5.74, 6) is -0.945. The fourth-order valence-electron chi connectivity index (χ4n) is 1.62. The summed E-state index contributed by atoms with van der Waals surface area (Å²) in [6, 6.07) is 12.4. The van der Waals surface area contributed by atoms with E-state index in [4.69, 9.17) is 5.73 Å². The Morgan fingerprint density at radius 3 is 2.52 bits per heavy atom. The maximum Gasteiger partial charge on any atom is 0.255 e. The number of hydrogen-bond donors (Lipinski definition) is 2. The van der Waals surface area contributed by atoms with E-state index in [-0.39, 0.29) is 11.7 Å². The molecule has 0 aromatic heterocycles. The molecule has 0 bridgehead atoms. The Labute approximate surface area is 125 Å². The molecule has 2 aromatic rings. The Balaban J connectivity index is 2.05. The van der Waals surface area contributed by atoms with Crippen molar-refractivity contribution in [1.29, 1.82) is 0 Å². The monoisotopic (exact) mass is 304 g/mol. The van der Waals surface area contributed by atoms with Crippen LogP contribution in [0.4, 0.5) is 10.1 Å². The molecule has 0 heterocycles. The molecule has 0 radical (unpaired) electrons. The number of rotatable bonds is 5. The zero-order chi connectivity index (χ0) is 15.2. The highest BCUT2D eigenvalue weighted by Gasteiger charge is 2.07. The van der Waals surface area contributed by atoms with Crippen molar-refractivity contribution in [2.45, 2.75) is 4.90 Å². The number of amides is 2. The van der Waals surface area contributed by atoms with Crippen LogP contribution in [0.3, 0.4) is 0 Å². The van der Waals surface area contributed by atoms with Gasteiger partial charge < -0.3 is 11.1 Å². The fourth-order valence-corrected chi connectivity index (χ4v) is 2.32. The first-order chi connectivity index (χ1) is 10.0. The van der Waals surface area contributed by atoms with Gasteiger partial charge >= 0.3 is 0 Å². The molecule has 0 saturated heterocycles. The second kappa shape index (κ2) is 6.90. The van der Waals surface area contributed by atoms with Crippen molar-refractivity contribution in [1.82, 2.24) is 0 Å². The van der Waals surface area contributed by atoms with E-state index in [1.54, 1.807) is 18.2 Å². The fraction of sp³-hybridized carbons (Fsp3) is 0.0667. The summed E-state index contributed by atoms with van der Waals surface area (Å²) in [7, 11) is 0. The molecule has 0 spiro atoms. The summed E-state index contributed by atoms with van der Waals surface area (Å²) in [5, 5.41) is 2.71. The molecule has 21 heavy (non-hydrogen) atoms. The highest BCUT2D eigenvalue weighted by Crippen LogP contribution is 2.21. The maximum atomic E-state index is 12.8. The third kappa shape index (κ3) is 4.61. The summed E-state index contributed by atoms with van der Waals surface area (Å²) in [6.45, 7) is 0. The van der Waals surface area contributed by atoms with Gasteiger partial charge in [0.2, 0.25) is 5.91 Å². The van der Waals surface area contributed by atoms with Crippen LogP contribution in [0.2, 0.25) is 0 Å². The van der Waals surface area contributed by atoms with Crippen LogP contribution in [0, 0.1) is 5.82 Å². The van der Waals surface area contributed by atoms with E-state index in [2.05, 4.69) is 5.32 Å². The molecular weight excluding hydrogens is 291 g/mol. The minimum absolute atomic E-state index is 0.176. The van der Waals surface area contributed by atoms with Crippen molar-refractivity contribution in [2.24, 2.45) is 5.73 Å². The number of hydrogen-bond acceptors (Lipinski definition) is 3. The second-order valence-corrected chi connectivity index (χ2v) is 5.29. The van der Waals surface area contributed by atoms with E-state index >= 15 is 0 Å². The van der Waals surface area contributed by atoms with Crippen molar-refractivity contribution in [3.63, 3.8) is 0 Å². The molecule has 0 saturated carbocycles. The molecule has 3 N–H and O–H groups in total. The number of anilines is 1. The number of primary amides is 1. The van der Waals surface area contributed by atoms with Gasteiger partial charge in [0, 0.05) is 16.1 Å². The number of nitrogens with one attached hydrogen (secondary N) is 1. The number of benzene rings is 2. The Morgan fingerprint density at radius 1 is 1.14 bits per heavy atom. The molecule has 2 amide bonds. The van der Waals surface area contributed by atoms with Gasteiger partial charge in [0.05, 0.1) is 5.75 Å². The lowest BCUT2D eigenvalue weighted by atomic mass is 10.2. The second-order valence-electron chi connectivity index (χ2n) is 4.24. The standard InChI is InChI=1S/C15H13FN2O2S/c16-11-6-4-10(5-7-11)15(20)18-12-2-1-3-13(8-12)21-9-14(17)19/h1-8H,9H2,(H2,17,19)(H,18,20). The van der Waals surface area contributed by atoms with Gasteiger partial charge in [-0.2, -0.15) is 0 Å². The average molecular weight is 304 g/mol. The molecule has 0 unspecified atom stereocenters. The van der Waals surface area contributed by atoms with Gasteiger partial charge in [-0.15, -0.1) is 11.8 Å². The molecule has 6 heteroatoms. The average Bonchev–Trinajstić information content (AvgIpc) is 2.46. The quantitative estimate of drug-likeness (QED) is 0.834. The first-order valence-electron chi connectivity index (χ1n) is 6.12. The Bertz CT molecular complexity index is 659. The first kappa shape index (κ1) is 15.1. The first-order valence-corrected chi connectivity index (χ1v) is 7.11. The molecule has 0 fully saturated rings. The summed E-state index contributed by atoms with van der Waals surface area (Å²) in [6.07, 6.45) is 0. The number of nitrogens with two attached hydrogens (primary N) is 1. The van der Waals surface area contributed by atoms with Crippen LogP contribution in [0.25, 0.3) is 0 Å². The number of thioether (sulfide) groups is 1. The van der Waals surface area contributed by atoms with E-state index in [9.17, 15) is 14.0 Å². The van der Waals surface area contributed by atoms with Gasteiger partial charge in [0.25, 0.3) is 5.91 Å². The van der Waals surface area contributed by atoms with E-state index < -0.39 is 11.7 Å². The van der Waals surface area contributed by atoms with Gasteiger partial charge in [-0.3, -0.25) is 9.59 Å². The van der Waals surface area contributed by atoms with Crippen molar-refractivity contribution < 1.29 is 14.0 Å². The van der Waals surface area contributed by atoms with Crippen LogP contribution in [-0.2, 0) is 4.79 Å². The lowest BCUT2D eigenvalue weighted by molar-refractivity contribution is -0.115. The molecule has 4 nitrogen and oxygen atoms in total. The number of halogens is 1. The maximum absolute atomic E-state index is 12.8. The van der Waals surface area contributed by atoms with Crippen LogP contribution in [0.15, 0.2) is 53.4 Å². The van der Waals surface area contributed by atoms with E-state index in [0.29, 0.717) is 11.3 Å². The van der Waals surface area contributed by atoms with Gasteiger partial charge in [-0.1, -0.05) is 6.07 Å².